The molecule has 0 saturated heterocycles. The highest BCUT2D eigenvalue weighted by atomic mass is 79.9. The zero-order valence-electron chi connectivity index (χ0n) is 11.0. The number of carbonyl (C=O) groups excluding carboxylic acids is 1. The molecule has 0 bridgehead atoms. The lowest BCUT2D eigenvalue weighted by atomic mass is 10.1. The molecule has 1 N–H and O–H groups in total. The van der Waals surface area contributed by atoms with E-state index in [0.29, 0.717) is 5.56 Å². The van der Waals surface area contributed by atoms with E-state index in [1.165, 1.54) is 6.08 Å². The Morgan fingerprint density at radius 1 is 1.10 bits per heavy atom. The van der Waals surface area contributed by atoms with Crippen molar-refractivity contribution in [1.29, 1.82) is 0 Å². The number of allylic oxidation sites excluding steroid dienone is 1. The monoisotopic (exact) mass is 331 g/mol. The number of rotatable bonds is 5. The van der Waals surface area contributed by atoms with Gasteiger partial charge in [0, 0.05) is 28.0 Å². The zero-order valence-corrected chi connectivity index (χ0v) is 12.6. The molecule has 0 unspecified atom stereocenters. The molecule has 0 fully saturated rings. The highest BCUT2D eigenvalue weighted by molar-refractivity contribution is 9.10. The Morgan fingerprint density at radius 2 is 1.75 bits per heavy atom. The third-order valence-electron chi connectivity index (χ3n) is 2.70. The minimum atomic E-state index is -0.0581. The van der Waals surface area contributed by atoms with Crippen LogP contribution in [0.2, 0.25) is 0 Å². The number of ether oxygens (including phenoxy) is 1. The zero-order chi connectivity index (χ0) is 14.4. The molecule has 0 aromatic heterocycles. The maximum Gasteiger partial charge on any atom is 0.187 e. The number of benzene rings is 2. The summed E-state index contributed by atoms with van der Waals surface area (Å²) in [6, 6.07) is 14.7. The molecule has 0 aliphatic heterocycles. The second-order valence-corrected chi connectivity index (χ2v) is 4.99. The molecule has 0 radical (unpaired) electrons. The summed E-state index contributed by atoms with van der Waals surface area (Å²) >= 11 is 3.37. The van der Waals surface area contributed by atoms with Gasteiger partial charge in [0.2, 0.25) is 0 Å². The molecule has 2 aromatic carbocycles. The van der Waals surface area contributed by atoms with Crippen molar-refractivity contribution < 1.29 is 9.53 Å². The highest BCUT2D eigenvalue weighted by Crippen LogP contribution is 2.14. The molecule has 0 spiro atoms. The topological polar surface area (TPSA) is 38.3 Å². The Kier molecular flexibility index (Phi) is 4.96. The van der Waals surface area contributed by atoms with Gasteiger partial charge in [0.1, 0.15) is 5.75 Å². The summed E-state index contributed by atoms with van der Waals surface area (Å²) < 4.78 is 6.07. The smallest absolute Gasteiger partial charge is 0.187 e. The van der Waals surface area contributed by atoms with Gasteiger partial charge in [-0.1, -0.05) is 15.9 Å². The number of ketones is 1. The van der Waals surface area contributed by atoms with Crippen LogP contribution in [0.1, 0.15) is 10.4 Å². The predicted molar refractivity (Wildman–Crippen MR) is 84.2 cm³/mol. The van der Waals surface area contributed by atoms with Crippen LogP contribution in [0.5, 0.6) is 5.75 Å². The molecule has 0 atom stereocenters. The fourth-order valence-corrected chi connectivity index (χ4v) is 1.88. The van der Waals surface area contributed by atoms with E-state index < -0.39 is 0 Å². The SMILES string of the molecule is COc1ccc(C(=O)C=CNc2ccc(Br)cc2)cc1. The molecule has 2 aromatic rings. The van der Waals surface area contributed by atoms with E-state index in [9.17, 15) is 4.79 Å². The number of anilines is 1. The molecule has 2 rings (SSSR count). The fourth-order valence-electron chi connectivity index (χ4n) is 1.61. The van der Waals surface area contributed by atoms with Crippen LogP contribution in [0.25, 0.3) is 0 Å². The number of methoxy groups -OCH3 is 1. The van der Waals surface area contributed by atoms with Gasteiger partial charge in [-0.3, -0.25) is 4.79 Å². The quantitative estimate of drug-likeness (QED) is 0.656. The molecule has 0 aliphatic carbocycles. The van der Waals surface area contributed by atoms with E-state index >= 15 is 0 Å². The van der Waals surface area contributed by atoms with Crippen molar-refractivity contribution >= 4 is 27.4 Å². The Labute approximate surface area is 126 Å². The predicted octanol–water partition coefficient (Wildman–Crippen LogP) is 4.27. The lowest BCUT2D eigenvalue weighted by molar-refractivity contribution is 0.104. The van der Waals surface area contributed by atoms with Crippen molar-refractivity contribution in [1.82, 2.24) is 0 Å². The van der Waals surface area contributed by atoms with Crippen LogP contribution in [0.15, 0.2) is 65.3 Å². The first kappa shape index (κ1) is 14.3. The molecule has 20 heavy (non-hydrogen) atoms. The van der Waals surface area contributed by atoms with Gasteiger partial charge < -0.3 is 10.1 Å². The van der Waals surface area contributed by atoms with Crippen molar-refractivity contribution in [3.8, 4) is 5.75 Å². The van der Waals surface area contributed by atoms with E-state index in [0.717, 1.165) is 15.9 Å². The third-order valence-corrected chi connectivity index (χ3v) is 3.23. The second-order valence-electron chi connectivity index (χ2n) is 4.08. The fraction of sp³-hybridized carbons (Fsp3) is 0.0625. The van der Waals surface area contributed by atoms with Crippen molar-refractivity contribution in [3.05, 3.63) is 70.8 Å². The maximum absolute atomic E-state index is 11.9. The van der Waals surface area contributed by atoms with E-state index in [4.69, 9.17) is 4.74 Å². The van der Waals surface area contributed by atoms with Crippen molar-refractivity contribution in [2.75, 3.05) is 12.4 Å². The number of nitrogens with one attached hydrogen (secondary N) is 1. The Bertz CT molecular complexity index is 603. The summed E-state index contributed by atoms with van der Waals surface area (Å²) in [5.41, 5.74) is 1.55. The van der Waals surface area contributed by atoms with Gasteiger partial charge in [0.25, 0.3) is 0 Å². The van der Waals surface area contributed by atoms with Crippen molar-refractivity contribution in [3.63, 3.8) is 0 Å². The van der Waals surface area contributed by atoms with Crippen LogP contribution in [0.3, 0.4) is 0 Å². The first-order valence-electron chi connectivity index (χ1n) is 6.06. The second kappa shape index (κ2) is 6.91. The normalized spacial score (nSPS) is 10.5. The van der Waals surface area contributed by atoms with Crippen LogP contribution in [-0.2, 0) is 0 Å². The Balaban J connectivity index is 1.96. The molecular weight excluding hydrogens is 318 g/mol. The summed E-state index contributed by atoms with van der Waals surface area (Å²) in [4.78, 5) is 11.9. The van der Waals surface area contributed by atoms with Crippen molar-refractivity contribution in [2.45, 2.75) is 0 Å². The van der Waals surface area contributed by atoms with Crippen LogP contribution in [-0.4, -0.2) is 12.9 Å². The van der Waals surface area contributed by atoms with E-state index in [1.54, 1.807) is 37.6 Å². The van der Waals surface area contributed by atoms with Crippen LogP contribution in [0.4, 0.5) is 5.69 Å². The van der Waals surface area contributed by atoms with Gasteiger partial charge in [0.15, 0.2) is 5.78 Å². The van der Waals surface area contributed by atoms with E-state index in [-0.39, 0.29) is 5.78 Å². The summed E-state index contributed by atoms with van der Waals surface area (Å²) in [6.45, 7) is 0. The van der Waals surface area contributed by atoms with Crippen molar-refractivity contribution in [2.24, 2.45) is 0 Å². The molecule has 0 amide bonds. The number of hydrogen-bond acceptors (Lipinski definition) is 3. The minimum Gasteiger partial charge on any atom is -0.497 e. The lowest BCUT2D eigenvalue weighted by Crippen LogP contribution is -1.96. The maximum atomic E-state index is 11.9. The van der Waals surface area contributed by atoms with Gasteiger partial charge in [-0.2, -0.15) is 0 Å². The lowest BCUT2D eigenvalue weighted by Gasteiger charge is -2.01. The summed E-state index contributed by atoms with van der Waals surface area (Å²) in [5, 5.41) is 3.05. The minimum absolute atomic E-state index is 0.0581. The average Bonchev–Trinajstić information content (AvgIpc) is 2.49. The van der Waals surface area contributed by atoms with Crippen LogP contribution >= 0.6 is 15.9 Å². The van der Waals surface area contributed by atoms with Gasteiger partial charge in [-0.25, -0.2) is 0 Å². The summed E-state index contributed by atoms with van der Waals surface area (Å²) in [6.07, 6.45) is 3.14. The molecule has 102 valence electrons. The summed E-state index contributed by atoms with van der Waals surface area (Å²) in [5.74, 6) is 0.677. The van der Waals surface area contributed by atoms with E-state index in [2.05, 4.69) is 21.2 Å². The molecule has 0 aliphatic rings. The Hall–Kier alpha value is -2.07. The molecular formula is C16H14BrNO2. The first-order chi connectivity index (χ1) is 9.69. The highest BCUT2D eigenvalue weighted by Gasteiger charge is 2.01. The van der Waals surface area contributed by atoms with Gasteiger partial charge in [-0.15, -0.1) is 0 Å². The van der Waals surface area contributed by atoms with Gasteiger partial charge in [0.05, 0.1) is 7.11 Å². The largest absolute Gasteiger partial charge is 0.497 e. The third kappa shape index (κ3) is 3.96. The first-order valence-corrected chi connectivity index (χ1v) is 6.85. The van der Waals surface area contributed by atoms with Crippen LogP contribution in [0, 0.1) is 0 Å². The Morgan fingerprint density at radius 3 is 2.35 bits per heavy atom. The number of carbonyl (C=O) groups is 1. The number of halogens is 1. The molecule has 0 saturated carbocycles. The molecule has 4 heteroatoms. The van der Waals surface area contributed by atoms with E-state index in [1.807, 2.05) is 24.3 Å². The van der Waals surface area contributed by atoms with Crippen LogP contribution < -0.4 is 10.1 Å². The average molecular weight is 332 g/mol. The molecule has 3 nitrogen and oxygen atoms in total. The standard InChI is InChI=1S/C16H14BrNO2/c1-20-15-8-2-12(3-9-15)16(19)10-11-18-14-6-4-13(17)5-7-14/h2-11,18H,1H3. The van der Waals surface area contributed by atoms with Gasteiger partial charge in [-0.05, 0) is 48.5 Å². The summed E-state index contributed by atoms with van der Waals surface area (Å²) in [7, 11) is 1.60. The molecule has 0 heterocycles. The number of hydrogen-bond donors (Lipinski definition) is 1. The van der Waals surface area contributed by atoms with Gasteiger partial charge >= 0.3 is 0 Å².